The van der Waals surface area contributed by atoms with Crippen molar-refractivity contribution >= 4 is 40.2 Å². The summed E-state index contributed by atoms with van der Waals surface area (Å²) in [4.78, 5) is 16.3. The van der Waals surface area contributed by atoms with Crippen LogP contribution >= 0.6 is 23.4 Å². The highest BCUT2D eigenvalue weighted by Gasteiger charge is 2.24. The van der Waals surface area contributed by atoms with Crippen LogP contribution in [0.2, 0.25) is 5.02 Å². The number of thioether (sulfide) groups is 1. The summed E-state index contributed by atoms with van der Waals surface area (Å²) in [5, 5.41) is 6.64. The van der Waals surface area contributed by atoms with Gasteiger partial charge in [0.1, 0.15) is 0 Å². The zero-order valence-electron chi connectivity index (χ0n) is 11.5. The van der Waals surface area contributed by atoms with Crippen molar-refractivity contribution in [3.05, 3.63) is 41.1 Å². The largest absolute Gasteiger partial charge is 0.325 e. The van der Waals surface area contributed by atoms with Gasteiger partial charge < -0.3 is 5.32 Å². The number of anilines is 1. The molecule has 1 aromatic rings. The number of urea groups is 1. The summed E-state index contributed by atoms with van der Waals surface area (Å²) in [5.74, 6) is 0. The van der Waals surface area contributed by atoms with E-state index in [0.717, 1.165) is 5.70 Å². The summed E-state index contributed by atoms with van der Waals surface area (Å²) < 4.78 is -0.0789. The molecule has 0 spiro atoms. The van der Waals surface area contributed by atoms with Crippen LogP contribution in [0.25, 0.3) is 0 Å². The van der Waals surface area contributed by atoms with E-state index >= 15 is 0 Å². The lowest BCUT2D eigenvalue weighted by atomic mass is 10.2. The maximum Gasteiger partial charge on any atom is 0.325 e. The lowest BCUT2D eigenvalue weighted by Gasteiger charge is -2.25. The molecule has 0 saturated carbocycles. The molecule has 0 radical (unpaired) electrons. The first-order valence-corrected chi connectivity index (χ1v) is 7.34. The first-order valence-electron chi connectivity index (χ1n) is 6.15. The molecule has 20 heavy (non-hydrogen) atoms. The number of nitrogens with zero attached hydrogens (tertiary/aromatic N) is 1. The zero-order valence-corrected chi connectivity index (χ0v) is 13.1. The third-order valence-corrected chi connectivity index (χ3v) is 3.76. The van der Waals surface area contributed by atoms with E-state index in [0.29, 0.717) is 15.9 Å². The number of amides is 2. The normalized spacial score (nSPS) is 17.0. The minimum absolute atomic E-state index is 0.0789. The number of halogens is 1. The van der Waals surface area contributed by atoms with Gasteiger partial charge in [0, 0.05) is 21.2 Å². The van der Waals surface area contributed by atoms with Crippen molar-refractivity contribution in [2.75, 3.05) is 5.32 Å². The summed E-state index contributed by atoms with van der Waals surface area (Å²) in [5.41, 5.74) is 1.54. The molecule has 0 bridgehead atoms. The lowest BCUT2D eigenvalue weighted by molar-refractivity contribution is 0.256. The van der Waals surface area contributed by atoms with Gasteiger partial charge in [-0.2, -0.15) is 0 Å². The highest BCUT2D eigenvalue weighted by atomic mass is 35.5. The van der Waals surface area contributed by atoms with Gasteiger partial charge in [0.05, 0.1) is 0 Å². The second kappa shape index (κ2) is 5.89. The fourth-order valence-corrected chi connectivity index (χ4v) is 3.13. The molecular weight excluding hydrogens is 294 g/mol. The van der Waals surface area contributed by atoms with Gasteiger partial charge in [0.15, 0.2) is 5.17 Å². The molecule has 0 atom stereocenters. The maximum absolute atomic E-state index is 11.9. The van der Waals surface area contributed by atoms with Crippen LogP contribution < -0.4 is 10.6 Å². The first kappa shape index (κ1) is 14.9. The predicted molar refractivity (Wildman–Crippen MR) is 86.5 cm³/mol. The molecule has 0 saturated heterocycles. The van der Waals surface area contributed by atoms with E-state index in [4.69, 9.17) is 11.6 Å². The Morgan fingerprint density at radius 2 is 2.10 bits per heavy atom. The molecule has 1 aliphatic heterocycles. The van der Waals surface area contributed by atoms with E-state index in [2.05, 4.69) is 35.5 Å². The number of amidine groups is 1. The van der Waals surface area contributed by atoms with Crippen LogP contribution in [0.4, 0.5) is 10.5 Å². The smallest absolute Gasteiger partial charge is 0.308 e. The third-order valence-electron chi connectivity index (χ3n) is 2.50. The van der Waals surface area contributed by atoms with Gasteiger partial charge >= 0.3 is 6.03 Å². The number of nitrogens with one attached hydrogen (secondary N) is 2. The molecule has 0 aliphatic carbocycles. The summed E-state index contributed by atoms with van der Waals surface area (Å²) in [6, 6.07) is 6.66. The molecule has 4 nitrogen and oxygen atoms in total. The van der Waals surface area contributed by atoms with Crippen molar-refractivity contribution in [2.24, 2.45) is 4.99 Å². The summed E-state index contributed by atoms with van der Waals surface area (Å²) >= 11 is 7.38. The minimum Gasteiger partial charge on any atom is -0.308 e. The molecule has 2 rings (SSSR count). The number of hydrogen-bond donors (Lipinski definition) is 2. The minimum atomic E-state index is -0.330. The number of allylic oxidation sites excluding steroid dienone is 1. The van der Waals surface area contributed by atoms with Crippen molar-refractivity contribution in [3.63, 3.8) is 0 Å². The zero-order chi connectivity index (χ0) is 14.8. The fraction of sp³-hybridized carbons (Fsp3) is 0.286. The van der Waals surface area contributed by atoms with Gasteiger partial charge in [-0.15, -0.1) is 0 Å². The van der Waals surface area contributed by atoms with E-state index in [1.54, 1.807) is 24.3 Å². The van der Waals surface area contributed by atoms with Crippen LogP contribution in [0.15, 0.2) is 41.0 Å². The fourth-order valence-electron chi connectivity index (χ4n) is 1.88. The van der Waals surface area contributed by atoms with Gasteiger partial charge in [0.2, 0.25) is 0 Å². The van der Waals surface area contributed by atoms with E-state index in [9.17, 15) is 4.79 Å². The Balaban J connectivity index is 2.00. The highest BCUT2D eigenvalue weighted by Crippen LogP contribution is 2.32. The molecule has 1 heterocycles. The lowest BCUT2D eigenvalue weighted by Crippen LogP contribution is -2.36. The standard InChI is InChI=1S/C14H16ClN3OS/c1-9-8-14(2,3)20-13(16-9)18-12(19)17-11-6-4-5-10(15)7-11/h4-8H,1-3H3,(H2,16,17,18,19). The predicted octanol–water partition coefficient (Wildman–Crippen LogP) is 4.25. The molecule has 0 fully saturated rings. The van der Waals surface area contributed by atoms with Crippen molar-refractivity contribution in [2.45, 2.75) is 25.5 Å². The molecule has 1 aromatic carbocycles. The van der Waals surface area contributed by atoms with E-state index in [1.165, 1.54) is 11.8 Å². The summed E-state index contributed by atoms with van der Waals surface area (Å²) in [6.07, 6.45) is 2.07. The maximum atomic E-state index is 11.9. The van der Waals surface area contributed by atoms with Crippen LogP contribution in [0.5, 0.6) is 0 Å². The van der Waals surface area contributed by atoms with Crippen LogP contribution in [-0.4, -0.2) is 15.9 Å². The number of aliphatic imine (C=N–C) groups is 1. The van der Waals surface area contributed by atoms with Crippen molar-refractivity contribution in [1.82, 2.24) is 5.32 Å². The molecule has 0 unspecified atom stereocenters. The number of carbonyl (C=O) groups excluding carboxylic acids is 1. The van der Waals surface area contributed by atoms with Gasteiger partial charge in [-0.3, -0.25) is 5.32 Å². The average Bonchev–Trinajstić information content (AvgIpc) is 2.25. The Kier molecular flexibility index (Phi) is 4.40. The Morgan fingerprint density at radius 1 is 1.35 bits per heavy atom. The Bertz CT molecular complexity index is 596. The molecule has 2 N–H and O–H groups in total. The van der Waals surface area contributed by atoms with Crippen LogP contribution in [0.3, 0.4) is 0 Å². The second-order valence-corrected chi connectivity index (χ2v) is 7.08. The number of hydrogen-bond acceptors (Lipinski definition) is 3. The van der Waals surface area contributed by atoms with E-state index in [1.807, 2.05) is 6.92 Å². The van der Waals surface area contributed by atoms with Crippen LogP contribution in [0, 0.1) is 0 Å². The highest BCUT2D eigenvalue weighted by molar-refractivity contribution is 8.15. The number of rotatable bonds is 1. The Hall–Kier alpha value is -1.46. The second-order valence-electron chi connectivity index (χ2n) is 5.00. The van der Waals surface area contributed by atoms with Crippen LogP contribution in [-0.2, 0) is 0 Å². The van der Waals surface area contributed by atoms with Crippen molar-refractivity contribution in [3.8, 4) is 0 Å². The van der Waals surface area contributed by atoms with Gasteiger partial charge in [-0.25, -0.2) is 9.79 Å². The molecule has 0 aromatic heterocycles. The molecule has 106 valence electrons. The SMILES string of the molecule is CC1=CC(C)(C)SC(NC(=O)Nc2cccc(Cl)c2)=N1. The molecular formula is C14H16ClN3OS. The van der Waals surface area contributed by atoms with Gasteiger partial charge in [-0.05, 0) is 45.0 Å². The Labute approximate surface area is 127 Å². The topological polar surface area (TPSA) is 53.5 Å². The van der Waals surface area contributed by atoms with Crippen LogP contribution in [0.1, 0.15) is 20.8 Å². The van der Waals surface area contributed by atoms with Gasteiger partial charge in [0.25, 0.3) is 0 Å². The molecule has 2 amide bonds. The number of carbonyl (C=O) groups is 1. The first-order chi connectivity index (χ1) is 9.34. The monoisotopic (exact) mass is 309 g/mol. The summed E-state index contributed by atoms with van der Waals surface area (Å²) in [6.45, 7) is 6.07. The summed E-state index contributed by atoms with van der Waals surface area (Å²) in [7, 11) is 0. The van der Waals surface area contributed by atoms with Gasteiger partial charge in [-0.1, -0.05) is 29.4 Å². The van der Waals surface area contributed by atoms with E-state index in [-0.39, 0.29) is 10.8 Å². The molecule has 6 heteroatoms. The van der Waals surface area contributed by atoms with Crippen molar-refractivity contribution < 1.29 is 4.79 Å². The molecule has 1 aliphatic rings. The third kappa shape index (κ3) is 4.28. The van der Waals surface area contributed by atoms with Crippen molar-refractivity contribution in [1.29, 1.82) is 0 Å². The quantitative estimate of drug-likeness (QED) is 0.815. The number of benzene rings is 1. The average molecular weight is 310 g/mol. The van der Waals surface area contributed by atoms with E-state index < -0.39 is 0 Å². The Morgan fingerprint density at radius 3 is 2.75 bits per heavy atom.